The van der Waals surface area contributed by atoms with E-state index in [1.807, 2.05) is 6.92 Å². The predicted molar refractivity (Wildman–Crippen MR) is 51.5 cm³/mol. The first-order valence-electron chi connectivity index (χ1n) is 4.56. The van der Waals surface area contributed by atoms with Gasteiger partial charge in [-0.25, -0.2) is 0 Å². The van der Waals surface area contributed by atoms with Crippen molar-refractivity contribution < 1.29 is 15.0 Å². The molecule has 0 radical (unpaired) electrons. The first kappa shape index (κ1) is 12.2. The molecule has 0 rings (SSSR count). The SMILES string of the molecule is CCCC/C=C(/O)C(C)(O)C(C)=O. The molecule has 0 aromatic rings. The van der Waals surface area contributed by atoms with Crippen LogP contribution in [-0.2, 0) is 4.79 Å². The maximum atomic E-state index is 10.9. The van der Waals surface area contributed by atoms with Gasteiger partial charge in [0, 0.05) is 0 Å². The van der Waals surface area contributed by atoms with E-state index in [0.717, 1.165) is 12.8 Å². The Hall–Kier alpha value is -0.830. The number of Topliss-reactive ketones (excluding diaryl/α,β-unsaturated/α-hetero) is 1. The van der Waals surface area contributed by atoms with Crippen LogP contribution in [0.2, 0.25) is 0 Å². The Balaban J connectivity index is 4.30. The van der Waals surface area contributed by atoms with E-state index in [4.69, 9.17) is 0 Å². The van der Waals surface area contributed by atoms with Crippen LogP contribution < -0.4 is 0 Å². The second-order valence-electron chi connectivity index (χ2n) is 3.36. The summed E-state index contributed by atoms with van der Waals surface area (Å²) in [6.45, 7) is 4.59. The molecule has 0 aliphatic heterocycles. The zero-order valence-corrected chi connectivity index (χ0v) is 8.50. The molecule has 0 aliphatic carbocycles. The number of hydrogen-bond donors (Lipinski definition) is 2. The van der Waals surface area contributed by atoms with Crippen molar-refractivity contribution in [2.24, 2.45) is 0 Å². The van der Waals surface area contributed by atoms with E-state index >= 15 is 0 Å². The van der Waals surface area contributed by atoms with Gasteiger partial charge in [0.2, 0.25) is 0 Å². The third-order valence-electron chi connectivity index (χ3n) is 2.08. The molecule has 2 N–H and O–H groups in total. The van der Waals surface area contributed by atoms with Crippen molar-refractivity contribution in [2.75, 3.05) is 0 Å². The molecular weight excluding hydrogens is 168 g/mol. The Morgan fingerprint density at radius 3 is 2.46 bits per heavy atom. The van der Waals surface area contributed by atoms with Crippen molar-refractivity contribution in [3.8, 4) is 0 Å². The van der Waals surface area contributed by atoms with E-state index < -0.39 is 11.4 Å². The number of aliphatic hydroxyl groups excluding tert-OH is 1. The van der Waals surface area contributed by atoms with Crippen LogP contribution in [0, 0.1) is 0 Å². The van der Waals surface area contributed by atoms with Gasteiger partial charge in [0.25, 0.3) is 0 Å². The molecule has 0 saturated heterocycles. The minimum atomic E-state index is -1.71. The second-order valence-corrected chi connectivity index (χ2v) is 3.36. The molecule has 3 heteroatoms. The van der Waals surface area contributed by atoms with E-state index in [0.29, 0.717) is 6.42 Å². The number of ketones is 1. The third-order valence-corrected chi connectivity index (χ3v) is 2.08. The normalized spacial score (nSPS) is 16.8. The number of allylic oxidation sites excluding steroid dienone is 1. The van der Waals surface area contributed by atoms with E-state index in [9.17, 15) is 15.0 Å². The van der Waals surface area contributed by atoms with Crippen LogP contribution in [-0.4, -0.2) is 21.6 Å². The molecule has 0 saturated carbocycles. The highest BCUT2D eigenvalue weighted by Gasteiger charge is 2.30. The van der Waals surface area contributed by atoms with Crippen molar-refractivity contribution in [3.05, 3.63) is 11.8 Å². The number of unbranched alkanes of at least 4 members (excludes halogenated alkanes) is 2. The summed E-state index contributed by atoms with van der Waals surface area (Å²) in [5, 5.41) is 18.9. The van der Waals surface area contributed by atoms with Gasteiger partial charge in [-0.15, -0.1) is 0 Å². The molecule has 0 aromatic heterocycles. The highest BCUT2D eigenvalue weighted by atomic mass is 16.3. The van der Waals surface area contributed by atoms with E-state index in [-0.39, 0.29) is 5.76 Å². The molecule has 13 heavy (non-hydrogen) atoms. The summed E-state index contributed by atoms with van der Waals surface area (Å²) >= 11 is 0. The fraction of sp³-hybridized carbons (Fsp3) is 0.700. The van der Waals surface area contributed by atoms with Gasteiger partial charge in [-0.05, 0) is 32.8 Å². The van der Waals surface area contributed by atoms with Crippen molar-refractivity contribution >= 4 is 5.78 Å². The number of aliphatic hydroxyl groups is 2. The number of rotatable bonds is 5. The Morgan fingerprint density at radius 1 is 1.54 bits per heavy atom. The summed E-state index contributed by atoms with van der Waals surface area (Å²) in [5.41, 5.74) is -1.71. The topological polar surface area (TPSA) is 57.5 Å². The van der Waals surface area contributed by atoms with Gasteiger partial charge in [-0.3, -0.25) is 4.79 Å². The highest BCUT2D eigenvalue weighted by Crippen LogP contribution is 2.15. The third kappa shape index (κ3) is 3.59. The lowest BCUT2D eigenvalue weighted by molar-refractivity contribution is -0.132. The van der Waals surface area contributed by atoms with Gasteiger partial charge in [0.05, 0.1) is 0 Å². The number of carbonyl (C=O) groups is 1. The molecule has 3 nitrogen and oxygen atoms in total. The summed E-state index contributed by atoms with van der Waals surface area (Å²) in [6.07, 6.45) is 4.15. The minimum absolute atomic E-state index is 0.242. The zero-order valence-electron chi connectivity index (χ0n) is 8.50. The van der Waals surface area contributed by atoms with Gasteiger partial charge in [-0.2, -0.15) is 0 Å². The summed E-state index contributed by atoms with van der Waals surface area (Å²) in [4.78, 5) is 10.9. The molecule has 0 spiro atoms. The lowest BCUT2D eigenvalue weighted by Gasteiger charge is -2.18. The number of carbonyl (C=O) groups excluding carboxylic acids is 1. The molecule has 1 unspecified atom stereocenters. The van der Waals surface area contributed by atoms with E-state index in [2.05, 4.69) is 0 Å². The van der Waals surface area contributed by atoms with Crippen LogP contribution in [0.4, 0.5) is 0 Å². The highest BCUT2D eigenvalue weighted by molar-refractivity contribution is 5.87. The lowest BCUT2D eigenvalue weighted by atomic mass is 9.98. The summed E-state index contributed by atoms with van der Waals surface area (Å²) in [6, 6.07) is 0. The maximum Gasteiger partial charge on any atom is 0.176 e. The first-order valence-corrected chi connectivity index (χ1v) is 4.56. The monoisotopic (exact) mass is 186 g/mol. The van der Waals surface area contributed by atoms with Gasteiger partial charge in [0.1, 0.15) is 5.76 Å². The minimum Gasteiger partial charge on any atom is -0.509 e. The fourth-order valence-corrected chi connectivity index (χ4v) is 0.822. The first-order chi connectivity index (χ1) is 5.92. The van der Waals surface area contributed by atoms with Gasteiger partial charge in [-0.1, -0.05) is 13.3 Å². The van der Waals surface area contributed by atoms with Gasteiger partial charge in [0.15, 0.2) is 11.4 Å². The molecular formula is C10H18O3. The summed E-state index contributed by atoms with van der Waals surface area (Å²) in [5.74, 6) is -0.689. The molecule has 0 fully saturated rings. The van der Waals surface area contributed by atoms with Crippen LogP contribution in [0.5, 0.6) is 0 Å². The molecule has 0 amide bonds. The van der Waals surface area contributed by atoms with Crippen LogP contribution in [0.3, 0.4) is 0 Å². The van der Waals surface area contributed by atoms with Crippen LogP contribution in [0.15, 0.2) is 11.8 Å². The van der Waals surface area contributed by atoms with Crippen LogP contribution >= 0.6 is 0 Å². The Labute approximate surface area is 79.1 Å². The standard InChI is InChI=1S/C10H18O3/c1-4-5-6-7-9(12)10(3,13)8(2)11/h7,12-13H,4-6H2,1-3H3/b9-7+. The van der Waals surface area contributed by atoms with Gasteiger partial charge >= 0.3 is 0 Å². The van der Waals surface area contributed by atoms with Gasteiger partial charge < -0.3 is 10.2 Å². The Morgan fingerprint density at radius 2 is 2.08 bits per heavy atom. The largest absolute Gasteiger partial charge is 0.509 e. The Kier molecular flexibility index (Phi) is 4.70. The maximum absolute atomic E-state index is 10.9. The Bertz CT molecular complexity index is 204. The van der Waals surface area contributed by atoms with Crippen molar-refractivity contribution in [3.63, 3.8) is 0 Å². The van der Waals surface area contributed by atoms with Crippen molar-refractivity contribution in [1.29, 1.82) is 0 Å². The van der Waals surface area contributed by atoms with Crippen LogP contribution in [0.1, 0.15) is 40.0 Å². The number of hydrogen-bond acceptors (Lipinski definition) is 3. The predicted octanol–water partition coefficient (Wildman–Crippen LogP) is 1.96. The van der Waals surface area contributed by atoms with Crippen LogP contribution in [0.25, 0.3) is 0 Å². The fourth-order valence-electron chi connectivity index (χ4n) is 0.822. The molecule has 0 aliphatic rings. The molecule has 0 bridgehead atoms. The molecule has 1 atom stereocenters. The van der Waals surface area contributed by atoms with E-state index in [1.54, 1.807) is 0 Å². The summed E-state index contributed by atoms with van der Waals surface area (Å²) in [7, 11) is 0. The lowest BCUT2D eigenvalue weighted by Crippen LogP contribution is -2.35. The smallest absolute Gasteiger partial charge is 0.176 e. The zero-order chi connectivity index (χ0) is 10.5. The average Bonchev–Trinajstić information content (AvgIpc) is 2.04. The molecule has 0 heterocycles. The van der Waals surface area contributed by atoms with Crippen molar-refractivity contribution in [2.45, 2.75) is 45.6 Å². The average molecular weight is 186 g/mol. The molecule has 0 aromatic carbocycles. The quantitative estimate of drug-likeness (QED) is 0.509. The van der Waals surface area contributed by atoms with E-state index in [1.165, 1.54) is 19.9 Å². The van der Waals surface area contributed by atoms with Crippen molar-refractivity contribution in [1.82, 2.24) is 0 Å². The molecule has 76 valence electrons. The summed E-state index contributed by atoms with van der Waals surface area (Å²) < 4.78 is 0. The second kappa shape index (κ2) is 5.02.